The Hall–Kier alpha value is -1.49. The van der Waals surface area contributed by atoms with Crippen molar-refractivity contribution in [1.29, 1.82) is 0 Å². The highest BCUT2D eigenvalue weighted by atomic mass is 79.9. The van der Waals surface area contributed by atoms with Crippen molar-refractivity contribution in [2.24, 2.45) is 5.92 Å². The minimum Gasteiger partial charge on any atom is -0.444 e. The van der Waals surface area contributed by atoms with E-state index in [9.17, 15) is 4.79 Å². The van der Waals surface area contributed by atoms with Crippen LogP contribution in [0.1, 0.15) is 64.5 Å². The Kier molecular flexibility index (Phi) is 5.90. The highest BCUT2D eigenvalue weighted by molar-refractivity contribution is 9.10. The molecule has 0 saturated carbocycles. The standard InChI is InChI=1S/C22H31BrN2O2/c1-14(2)12-18-17-13-16(6-7-19(17)24-20(18)23)15-8-10-25(11-9-15)21(26)27-22(3,4)5/h6-7,13-15,24H,8-12H2,1-5H3. The lowest BCUT2D eigenvalue weighted by molar-refractivity contribution is 0.0205. The van der Waals surface area contributed by atoms with Crippen LogP contribution in [0.15, 0.2) is 22.8 Å². The van der Waals surface area contributed by atoms with Gasteiger partial charge in [-0.25, -0.2) is 4.79 Å². The summed E-state index contributed by atoms with van der Waals surface area (Å²) in [7, 11) is 0. The first-order valence-electron chi connectivity index (χ1n) is 9.92. The summed E-state index contributed by atoms with van der Waals surface area (Å²) in [6, 6.07) is 6.78. The van der Waals surface area contributed by atoms with Gasteiger partial charge in [0.2, 0.25) is 0 Å². The zero-order valence-corrected chi connectivity index (χ0v) is 18.6. The van der Waals surface area contributed by atoms with Gasteiger partial charge in [-0.1, -0.05) is 19.9 Å². The van der Waals surface area contributed by atoms with Gasteiger partial charge >= 0.3 is 6.09 Å². The Morgan fingerprint density at radius 2 is 1.96 bits per heavy atom. The van der Waals surface area contributed by atoms with Crippen molar-refractivity contribution in [1.82, 2.24) is 9.88 Å². The summed E-state index contributed by atoms with van der Waals surface area (Å²) >= 11 is 3.69. The number of aromatic nitrogens is 1. The number of fused-ring (bicyclic) bond motifs is 1. The molecule has 1 aromatic heterocycles. The van der Waals surface area contributed by atoms with Gasteiger partial charge in [-0.3, -0.25) is 0 Å². The molecule has 1 aliphatic heterocycles. The number of hydrogen-bond acceptors (Lipinski definition) is 2. The molecular formula is C22H31BrN2O2. The van der Waals surface area contributed by atoms with Crippen LogP contribution in [-0.2, 0) is 11.2 Å². The van der Waals surface area contributed by atoms with Crippen molar-refractivity contribution < 1.29 is 9.53 Å². The molecule has 1 aliphatic rings. The summed E-state index contributed by atoms with van der Waals surface area (Å²) in [5.41, 5.74) is 3.50. The van der Waals surface area contributed by atoms with E-state index in [1.807, 2.05) is 25.7 Å². The van der Waals surface area contributed by atoms with Crippen molar-refractivity contribution in [3.63, 3.8) is 0 Å². The molecule has 1 N–H and O–H groups in total. The molecule has 0 spiro atoms. The van der Waals surface area contributed by atoms with Gasteiger partial charge in [0.25, 0.3) is 0 Å². The van der Waals surface area contributed by atoms with E-state index >= 15 is 0 Å². The van der Waals surface area contributed by atoms with E-state index in [0.717, 1.165) is 37.0 Å². The first-order chi connectivity index (χ1) is 12.6. The van der Waals surface area contributed by atoms with Gasteiger partial charge in [-0.15, -0.1) is 0 Å². The number of carbonyl (C=O) groups is 1. The van der Waals surface area contributed by atoms with Crippen LogP contribution in [0.4, 0.5) is 4.79 Å². The van der Waals surface area contributed by atoms with E-state index in [-0.39, 0.29) is 6.09 Å². The number of amides is 1. The van der Waals surface area contributed by atoms with E-state index in [0.29, 0.717) is 11.8 Å². The maximum atomic E-state index is 12.3. The fraction of sp³-hybridized carbons (Fsp3) is 0.591. The average molecular weight is 435 g/mol. The normalized spacial score (nSPS) is 16.3. The molecule has 0 radical (unpaired) electrons. The van der Waals surface area contributed by atoms with Crippen molar-refractivity contribution in [2.75, 3.05) is 13.1 Å². The van der Waals surface area contributed by atoms with Crippen LogP contribution in [0.25, 0.3) is 10.9 Å². The third-order valence-corrected chi connectivity index (χ3v) is 5.79. The second kappa shape index (κ2) is 7.86. The molecule has 2 aromatic rings. The van der Waals surface area contributed by atoms with Crippen LogP contribution in [0.3, 0.4) is 0 Å². The summed E-state index contributed by atoms with van der Waals surface area (Å²) < 4.78 is 6.61. The predicted molar refractivity (Wildman–Crippen MR) is 114 cm³/mol. The summed E-state index contributed by atoms with van der Waals surface area (Å²) in [6.07, 6.45) is 2.83. The number of H-pyrrole nitrogens is 1. The van der Waals surface area contributed by atoms with Crippen LogP contribution in [0.5, 0.6) is 0 Å². The van der Waals surface area contributed by atoms with Crippen molar-refractivity contribution in [2.45, 2.75) is 65.4 Å². The van der Waals surface area contributed by atoms with Crippen LogP contribution in [-0.4, -0.2) is 34.7 Å². The number of likely N-dealkylation sites (tertiary alicyclic amines) is 1. The average Bonchev–Trinajstić information content (AvgIpc) is 2.88. The molecule has 3 rings (SSSR count). The molecule has 1 fully saturated rings. The van der Waals surface area contributed by atoms with Crippen LogP contribution in [0.2, 0.25) is 0 Å². The summed E-state index contributed by atoms with van der Waals surface area (Å²) in [5, 5.41) is 1.32. The molecule has 148 valence electrons. The lowest BCUT2D eigenvalue weighted by atomic mass is 9.88. The van der Waals surface area contributed by atoms with Gasteiger partial charge in [-0.2, -0.15) is 0 Å². The zero-order valence-electron chi connectivity index (χ0n) is 17.1. The van der Waals surface area contributed by atoms with E-state index < -0.39 is 5.60 Å². The molecular weight excluding hydrogens is 404 g/mol. The monoisotopic (exact) mass is 434 g/mol. The third-order valence-electron chi connectivity index (χ3n) is 5.11. The Labute approximate surface area is 170 Å². The smallest absolute Gasteiger partial charge is 0.410 e. The maximum absolute atomic E-state index is 12.3. The number of nitrogens with one attached hydrogen (secondary N) is 1. The van der Waals surface area contributed by atoms with E-state index in [2.05, 4.69) is 53.0 Å². The maximum Gasteiger partial charge on any atom is 0.410 e. The van der Waals surface area contributed by atoms with Gasteiger partial charge in [0, 0.05) is 24.0 Å². The number of halogens is 1. The molecule has 1 amide bonds. The summed E-state index contributed by atoms with van der Waals surface area (Å²) in [6.45, 7) is 11.8. The minimum absolute atomic E-state index is 0.190. The quantitative estimate of drug-likeness (QED) is 0.620. The highest BCUT2D eigenvalue weighted by Crippen LogP contribution is 2.34. The summed E-state index contributed by atoms with van der Waals surface area (Å²) in [5.74, 6) is 1.11. The van der Waals surface area contributed by atoms with Crippen molar-refractivity contribution in [3.8, 4) is 0 Å². The number of nitrogens with zero attached hydrogens (tertiary/aromatic N) is 1. The van der Waals surface area contributed by atoms with Gasteiger partial charge in [0.05, 0.1) is 4.60 Å². The first-order valence-corrected chi connectivity index (χ1v) is 10.7. The van der Waals surface area contributed by atoms with E-state index in [4.69, 9.17) is 4.74 Å². The molecule has 5 heteroatoms. The lowest BCUT2D eigenvalue weighted by Crippen LogP contribution is -2.41. The molecule has 1 aromatic carbocycles. The van der Waals surface area contributed by atoms with E-state index in [1.54, 1.807) is 0 Å². The number of carbonyl (C=O) groups excluding carboxylic acids is 1. The number of benzene rings is 1. The first kappa shape index (κ1) is 20.2. The van der Waals surface area contributed by atoms with Crippen LogP contribution in [0, 0.1) is 5.92 Å². The molecule has 0 unspecified atom stereocenters. The van der Waals surface area contributed by atoms with Gasteiger partial charge in [0.15, 0.2) is 0 Å². The molecule has 4 nitrogen and oxygen atoms in total. The topological polar surface area (TPSA) is 45.3 Å². The number of piperidine rings is 1. The predicted octanol–water partition coefficient (Wildman–Crippen LogP) is 6.24. The number of rotatable bonds is 3. The minimum atomic E-state index is -0.437. The fourth-order valence-electron chi connectivity index (χ4n) is 3.82. The van der Waals surface area contributed by atoms with Crippen molar-refractivity contribution >= 4 is 32.9 Å². The Morgan fingerprint density at radius 1 is 1.30 bits per heavy atom. The second-order valence-corrected chi connectivity index (χ2v) is 9.86. The number of hydrogen-bond donors (Lipinski definition) is 1. The molecule has 0 aliphatic carbocycles. The fourth-order valence-corrected chi connectivity index (χ4v) is 4.41. The molecule has 27 heavy (non-hydrogen) atoms. The van der Waals surface area contributed by atoms with Crippen molar-refractivity contribution in [3.05, 3.63) is 33.9 Å². The van der Waals surface area contributed by atoms with E-state index in [1.165, 1.54) is 22.0 Å². The van der Waals surface area contributed by atoms with Gasteiger partial charge < -0.3 is 14.6 Å². The van der Waals surface area contributed by atoms with Gasteiger partial charge in [0.1, 0.15) is 5.60 Å². The van der Waals surface area contributed by atoms with Crippen LogP contribution < -0.4 is 0 Å². The second-order valence-electron chi connectivity index (χ2n) is 9.06. The zero-order chi connectivity index (χ0) is 19.8. The Morgan fingerprint density at radius 3 is 2.56 bits per heavy atom. The number of ether oxygens (including phenoxy) is 1. The largest absolute Gasteiger partial charge is 0.444 e. The lowest BCUT2D eigenvalue weighted by Gasteiger charge is -2.33. The molecule has 0 bridgehead atoms. The SMILES string of the molecule is CC(C)Cc1c(Br)[nH]c2ccc(C3CCN(C(=O)OC(C)(C)C)CC3)cc12. The third kappa shape index (κ3) is 4.87. The Balaban J connectivity index is 1.73. The van der Waals surface area contributed by atoms with Gasteiger partial charge in [-0.05, 0) is 91.1 Å². The molecule has 1 saturated heterocycles. The number of aromatic amines is 1. The Bertz CT molecular complexity index is 812. The summed E-state index contributed by atoms with van der Waals surface area (Å²) in [4.78, 5) is 17.6. The molecule has 0 atom stereocenters. The highest BCUT2D eigenvalue weighted by Gasteiger charge is 2.27. The van der Waals surface area contributed by atoms with Crippen LogP contribution >= 0.6 is 15.9 Å². The molecule has 2 heterocycles.